The quantitative estimate of drug-likeness (QED) is 0.852. The van der Waals surface area contributed by atoms with E-state index in [1.165, 1.54) is 17.5 Å². The van der Waals surface area contributed by atoms with Crippen molar-refractivity contribution in [2.45, 2.75) is 65.4 Å². The molecular weight excluding hydrogens is 262 g/mol. The summed E-state index contributed by atoms with van der Waals surface area (Å²) < 4.78 is 5.66. The van der Waals surface area contributed by atoms with Gasteiger partial charge in [-0.25, -0.2) is 4.79 Å². The van der Waals surface area contributed by atoms with Crippen molar-refractivity contribution in [3.05, 3.63) is 29.3 Å². The average molecular weight is 289 g/mol. The van der Waals surface area contributed by atoms with Crippen LogP contribution >= 0.6 is 0 Å². The lowest BCUT2D eigenvalue weighted by Gasteiger charge is -2.28. The summed E-state index contributed by atoms with van der Waals surface area (Å²) in [6, 6.07) is 6.19. The van der Waals surface area contributed by atoms with Crippen molar-refractivity contribution in [2.75, 3.05) is 5.32 Å². The number of amides is 1. The molecule has 0 unspecified atom stereocenters. The van der Waals surface area contributed by atoms with Gasteiger partial charge >= 0.3 is 6.09 Å². The van der Waals surface area contributed by atoms with Gasteiger partial charge in [-0.2, -0.15) is 0 Å². The second-order valence-corrected chi connectivity index (χ2v) is 5.99. The lowest BCUT2D eigenvalue weighted by molar-refractivity contribution is 0.0524. The highest BCUT2D eigenvalue weighted by atomic mass is 16.6. The molecule has 0 saturated heterocycles. The molecule has 0 aliphatic heterocycles. The molecule has 1 N–H and O–H groups in total. The molecule has 2 atom stereocenters. The zero-order valence-corrected chi connectivity index (χ0v) is 13.4. The van der Waals surface area contributed by atoms with Gasteiger partial charge in [-0.15, -0.1) is 0 Å². The lowest BCUT2D eigenvalue weighted by Crippen LogP contribution is -2.30. The highest BCUT2D eigenvalue weighted by Gasteiger charge is 2.25. The topological polar surface area (TPSA) is 38.3 Å². The number of aryl methyl sites for hydroxylation is 2. The number of hydrogen-bond acceptors (Lipinski definition) is 2. The molecule has 3 nitrogen and oxygen atoms in total. The Balaban J connectivity index is 2.05. The second kappa shape index (κ2) is 7.48. The predicted octanol–water partition coefficient (Wildman–Crippen LogP) is 4.94. The van der Waals surface area contributed by atoms with Crippen LogP contribution in [-0.4, -0.2) is 12.2 Å². The maximum absolute atomic E-state index is 12.2. The fraction of sp³-hybridized carbons (Fsp3) is 0.611. The molecule has 0 aromatic heterocycles. The van der Waals surface area contributed by atoms with Crippen LogP contribution < -0.4 is 5.32 Å². The number of rotatable bonds is 4. The van der Waals surface area contributed by atoms with Crippen LogP contribution in [0.25, 0.3) is 0 Å². The highest BCUT2D eigenvalue weighted by Crippen LogP contribution is 2.27. The minimum atomic E-state index is -0.302. The number of nitrogens with one attached hydrogen (secondary N) is 1. The molecule has 1 aliphatic carbocycles. The van der Waals surface area contributed by atoms with Crippen LogP contribution in [0.5, 0.6) is 0 Å². The number of hydrogen-bond donors (Lipinski definition) is 1. The number of benzene rings is 1. The van der Waals surface area contributed by atoms with E-state index < -0.39 is 0 Å². The third kappa shape index (κ3) is 3.99. The van der Waals surface area contributed by atoms with Crippen molar-refractivity contribution in [3.8, 4) is 0 Å². The Bertz CT molecular complexity index is 462. The van der Waals surface area contributed by atoms with E-state index in [2.05, 4.69) is 44.3 Å². The molecular formula is C18H27NO2. The van der Waals surface area contributed by atoms with Gasteiger partial charge in [-0.1, -0.05) is 45.4 Å². The van der Waals surface area contributed by atoms with E-state index in [0.29, 0.717) is 5.92 Å². The van der Waals surface area contributed by atoms with Gasteiger partial charge in [-0.05, 0) is 49.1 Å². The zero-order valence-electron chi connectivity index (χ0n) is 13.4. The van der Waals surface area contributed by atoms with Gasteiger partial charge < -0.3 is 4.74 Å². The average Bonchev–Trinajstić information content (AvgIpc) is 2.49. The first-order valence-electron chi connectivity index (χ1n) is 8.24. The maximum atomic E-state index is 12.2. The highest BCUT2D eigenvalue weighted by molar-refractivity contribution is 5.87. The van der Waals surface area contributed by atoms with Crippen LogP contribution in [0.15, 0.2) is 18.2 Å². The van der Waals surface area contributed by atoms with E-state index in [-0.39, 0.29) is 12.2 Å². The summed E-state index contributed by atoms with van der Waals surface area (Å²) >= 11 is 0. The van der Waals surface area contributed by atoms with Crippen LogP contribution in [0, 0.1) is 5.92 Å². The van der Waals surface area contributed by atoms with Gasteiger partial charge in [0.15, 0.2) is 0 Å². The van der Waals surface area contributed by atoms with Gasteiger partial charge in [0.25, 0.3) is 0 Å². The molecule has 1 saturated carbocycles. The van der Waals surface area contributed by atoms with Gasteiger partial charge in [-0.3, -0.25) is 5.32 Å². The van der Waals surface area contributed by atoms with Crippen LogP contribution in [0.3, 0.4) is 0 Å². The first-order valence-corrected chi connectivity index (χ1v) is 8.24. The summed E-state index contributed by atoms with van der Waals surface area (Å²) in [5.74, 6) is 0.469. The first-order chi connectivity index (χ1) is 10.2. The minimum absolute atomic E-state index is 0.0672. The predicted molar refractivity (Wildman–Crippen MR) is 86.7 cm³/mol. The number of carbonyl (C=O) groups excluding carboxylic acids is 1. The normalized spacial score (nSPS) is 21.9. The molecule has 1 aromatic rings. The van der Waals surface area contributed by atoms with Gasteiger partial charge in [0.1, 0.15) is 6.10 Å². The minimum Gasteiger partial charge on any atom is -0.446 e. The standard InChI is InChI=1S/C18H27NO2/c1-4-14-10-8-11-15(5-2)17(14)19-18(20)21-16-12-7-6-9-13(16)3/h8,10-11,13,16H,4-7,9,12H2,1-3H3,(H,19,20)/t13-,16+/m1/s1. The summed E-state index contributed by atoms with van der Waals surface area (Å²) in [4.78, 5) is 12.2. The van der Waals surface area contributed by atoms with Gasteiger partial charge in [0, 0.05) is 0 Å². The molecule has 116 valence electrons. The second-order valence-electron chi connectivity index (χ2n) is 5.99. The third-order valence-corrected chi connectivity index (χ3v) is 4.52. The Kier molecular flexibility index (Phi) is 5.66. The Morgan fingerprint density at radius 3 is 2.38 bits per heavy atom. The molecule has 0 spiro atoms. The summed E-state index contributed by atoms with van der Waals surface area (Å²) in [7, 11) is 0. The monoisotopic (exact) mass is 289 g/mol. The van der Waals surface area contributed by atoms with Crippen LogP contribution in [0.2, 0.25) is 0 Å². The molecule has 21 heavy (non-hydrogen) atoms. The van der Waals surface area contributed by atoms with E-state index >= 15 is 0 Å². The molecule has 0 heterocycles. The van der Waals surface area contributed by atoms with E-state index in [4.69, 9.17) is 4.74 Å². The summed E-state index contributed by atoms with van der Waals surface area (Å²) in [6.45, 7) is 6.39. The summed E-state index contributed by atoms with van der Waals surface area (Å²) in [5.41, 5.74) is 3.28. The van der Waals surface area contributed by atoms with Crippen molar-refractivity contribution < 1.29 is 9.53 Å². The van der Waals surface area contributed by atoms with Crippen LogP contribution in [-0.2, 0) is 17.6 Å². The van der Waals surface area contributed by atoms with E-state index in [0.717, 1.165) is 37.8 Å². The van der Waals surface area contributed by atoms with Crippen molar-refractivity contribution in [1.29, 1.82) is 0 Å². The molecule has 2 rings (SSSR count). The lowest BCUT2D eigenvalue weighted by atomic mass is 9.88. The maximum Gasteiger partial charge on any atom is 0.411 e. The van der Waals surface area contributed by atoms with E-state index in [1.807, 2.05) is 0 Å². The molecule has 3 heteroatoms. The summed E-state index contributed by atoms with van der Waals surface area (Å²) in [6.07, 6.45) is 6.14. The molecule has 1 amide bonds. The molecule has 0 radical (unpaired) electrons. The largest absolute Gasteiger partial charge is 0.446 e. The third-order valence-electron chi connectivity index (χ3n) is 4.52. The van der Waals surface area contributed by atoms with Crippen LogP contribution in [0.4, 0.5) is 10.5 Å². The fourth-order valence-electron chi connectivity index (χ4n) is 3.13. The van der Waals surface area contributed by atoms with E-state index in [1.54, 1.807) is 0 Å². The Morgan fingerprint density at radius 1 is 1.19 bits per heavy atom. The van der Waals surface area contributed by atoms with Crippen molar-refractivity contribution >= 4 is 11.8 Å². The number of carbonyl (C=O) groups is 1. The zero-order chi connectivity index (χ0) is 15.2. The van der Waals surface area contributed by atoms with E-state index in [9.17, 15) is 4.79 Å². The Morgan fingerprint density at radius 2 is 1.81 bits per heavy atom. The van der Waals surface area contributed by atoms with Crippen molar-refractivity contribution in [2.24, 2.45) is 5.92 Å². The smallest absolute Gasteiger partial charge is 0.411 e. The number of ether oxygens (including phenoxy) is 1. The molecule has 0 bridgehead atoms. The molecule has 1 fully saturated rings. The Labute approximate surface area is 128 Å². The molecule has 1 aliphatic rings. The van der Waals surface area contributed by atoms with Crippen LogP contribution in [0.1, 0.15) is 57.6 Å². The first kappa shape index (κ1) is 15.9. The van der Waals surface area contributed by atoms with Crippen molar-refractivity contribution in [3.63, 3.8) is 0 Å². The van der Waals surface area contributed by atoms with Gasteiger partial charge in [0.05, 0.1) is 5.69 Å². The number of para-hydroxylation sites is 1. The fourth-order valence-corrected chi connectivity index (χ4v) is 3.13. The van der Waals surface area contributed by atoms with Gasteiger partial charge in [0.2, 0.25) is 0 Å². The van der Waals surface area contributed by atoms with Crippen molar-refractivity contribution in [1.82, 2.24) is 0 Å². The molecule has 1 aromatic carbocycles. The number of anilines is 1. The Hall–Kier alpha value is -1.51. The SMILES string of the molecule is CCc1cccc(CC)c1NC(=O)O[C@H]1CCCC[C@H]1C. The summed E-state index contributed by atoms with van der Waals surface area (Å²) in [5, 5.41) is 2.99.